The van der Waals surface area contributed by atoms with Crippen LogP contribution in [0.15, 0.2) is 24.3 Å². The highest BCUT2D eigenvalue weighted by atomic mass is 35.5. The molecular weight excluding hydrogens is 198 g/mol. The van der Waals surface area contributed by atoms with Gasteiger partial charge in [-0.3, -0.25) is 4.79 Å². The molecule has 0 aromatic heterocycles. The normalized spacial score (nSPS) is 12.1. The number of nitrogens with one attached hydrogen (secondary N) is 1. The molecule has 0 radical (unpaired) electrons. The second-order valence-corrected chi connectivity index (χ2v) is 3.64. The van der Waals surface area contributed by atoms with E-state index in [9.17, 15) is 4.79 Å². The number of anilines is 1. The van der Waals surface area contributed by atoms with Gasteiger partial charge in [-0.15, -0.1) is 11.6 Å². The molecule has 0 aliphatic carbocycles. The fraction of sp³-hybridized carbons (Fsp3) is 0.364. The zero-order valence-corrected chi connectivity index (χ0v) is 8.92. The molecule has 0 unspecified atom stereocenters. The molecule has 0 bridgehead atoms. The van der Waals surface area contributed by atoms with Gasteiger partial charge in [-0.05, 0) is 37.6 Å². The molecule has 14 heavy (non-hydrogen) atoms. The number of carbonyl (C=O) groups is 1. The van der Waals surface area contributed by atoms with E-state index in [4.69, 9.17) is 11.6 Å². The zero-order chi connectivity index (χ0) is 10.4. The summed E-state index contributed by atoms with van der Waals surface area (Å²) in [6, 6.07) is 7.74. The van der Waals surface area contributed by atoms with E-state index in [0.29, 0.717) is 17.5 Å². The van der Waals surface area contributed by atoms with Gasteiger partial charge in [0.05, 0.1) is 0 Å². The number of benzene rings is 1. The number of rotatable bonds is 5. The summed E-state index contributed by atoms with van der Waals surface area (Å²) < 4.78 is 0. The van der Waals surface area contributed by atoms with Crippen molar-refractivity contribution in [1.29, 1.82) is 0 Å². The van der Waals surface area contributed by atoms with Crippen LogP contribution in [-0.2, 0) is 0 Å². The highest BCUT2D eigenvalue weighted by molar-refractivity contribution is 6.17. The lowest BCUT2D eigenvalue weighted by molar-refractivity contribution is 0.112. The van der Waals surface area contributed by atoms with Gasteiger partial charge in [0, 0.05) is 23.2 Å². The molecule has 0 saturated heterocycles. The first-order chi connectivity index (χ1) is 6.76. The standard InChI is InChI=1S/C11H14ClNO/c1-9(6-7-12)13-11-4-2-10(8-14)3-5-11/h2-5,8-9,13H,6-7H2,1H3/t9-/m0/s1. The molecule has 1 aromatic rings. The first kappa shape index (κ1) is 11.1. The zero-order valence-electron chi connectivity index (χ0n) is 8.16. The minimum atomic E-state index is 0.356. The van der Waals surface area contributed by atoms with E-state index in [1.54, 1.807) is 12.1 Å². The molecule has 76 valence electrons. The van der Waals surface area contributed by atoms with Crippen molar-refractivity contribution in [3.05, 3.63) is 29.8 Å². The lowest BCUT2D eigenvalue weighted by atomic mass is 10.2. The van der Waals surface area contributed by atoms with Crippen LogP contribution >= 0.6 is 11.6 Å². The number of alkyl halides is 1. The van der Waals surface area contributed by atoms with Gasteiger partial charge >= 0.3 is 0 Å². The van der Waals surface area contributed by atoms with Crippen molar-refractivity contribution in [2.24, 2.45) is 0 Å². The van der Waals surface area contributed by atoms with Crippen molar-refractivity contribution in [1.82, 2.24) is 0 Å². The summed E-state index contributed by atoms with van der Waals surface area (Å²) in [5.41, 5.74) is 1.72. The van der Waals surface area contributed by atoms with Crippen molar-refractivity contribution in [2.75, 3.05) is 11.2 Å². The Morgan fingerprint density at radius 3 is 2.57 bits per heavy atom. The van der Waals surface area contributed by atoms with Gasteiger partial charge < -0.3 is 5.32 Å². The van der Waals surface area contributed by atoms with Crippen molar-refractivity contribution in [3.8, 4) is 0 Å². The van der Waals surface area contributed by atoms with Crippen LogP contribution in [0.3, 0.4) is 0 Å². The van der Waals surface area contributed by atoms with Crippen LogP contribution < -0.4 is 5.32 Å². The largest absolute Gasteiger partial charge is 0.383 e. The van der Waals surface area contributed by atoms with E-state index in [1.165, 1.54) is 0 Å². The first-order valence-electron chi connectivity index (χ1n) is 4.64. The molecule has 0 aliphatic heterocycles. The van der Waals surface area contributed by atoms with E-state index in [0.717, 1.165) is 18.4 Å². The van der Waals surface area contributed by atoms with Crippen LogP contribution in [0, 0.1) is 0 Å². The van der Waals surface area contributed by atoms with Crippen LogP contribution in [-0.4, -0.2) is 18.2 Å². The van der Waals surface area contributed by atoms with E-state index >= 15 is 0 Å². The Hall–Kier alpha value is -1.02. The predicted octanol–water partition coefficient (Wildman–Crippen LogP) is 2.93. The lowest BCUT2D eigenvalue weighted by Crippen LogP contribution is -2.15. The number of hydrogen-bond donors (Lipinski definition) is 1. The van der Waals surface area contributed by atoms with Crippen LogP contribution in [0.25, 0.3) is 0 Å². The quantitative estimate of drug-likeness (QED) is 0.600. The van der Waals surface area contributed by atoms with Crippen molar-refractivity contribution < 1.29 is 4.79 Å². The molecule has 0 fully saturated rings. The maximum Gasteiger partial charge on any atom is 0.150 e. The molecule has 0 spiro atoms. The van der Waals surface area contributed by atoms with E-state index in [2.05, 4.69) is 12.2 Å². The second-order valence-electron chi connectivity index (χ2n) is 3.26. The summed E-state index contributed by atoms with van der Waals surface area (Å²) in [6.07, 6.45) is 1.77. The first-order valence-corrected chi connectivity index (χ1v) is 5.17. The Morgan fingerprint density at radius 2 is 2.07 bits per heavy atom. The van der Waals surface area contributed by atoms with Crippen LogP contribution in [0.1, 0.15) is 23.7 Å². The molecule has 0 aliphatic rings. The van der Waals surface area contributed by atoms with Gasteiger partial charge in [-0.2, -0.15) is 0 Å². The van der Waals surface area contributed by atoms with Gasteiger partial charge in [0.25, 0.3) is 0 Å². The van der Waals surface area contributed by atoms with E-state index < -0.39 is 0 Å². The summed E-state index contributed by atoms with van der Waals surface area (Å²) in [7, 11) is 0. The highest BCUT2D eigenvalue weighted by Gasteiger charge is 2.00. The van der Waals surface area contributed by atoms with Gasteiger partial charge in [0.15, 0.2) is 0 Å². The van der Waals surface area contributed by atoms with Gasteiger partial charge in [0.2, 0.25) is 0 Å². The molecular formula is C11H14ClNO. The molecule has 1 aromatic carbocycles. The number of halogens is 1. The third kappa shape index (κ3) is 3.38. The van der Waals surface area contributed by atoms with E-state index in [1.807, 2.05) is 12.1 Å². The number of aldehydes is 1. The van der Waals surface area contributed by atoms with Gasteiger partial charge in [0.1, 0.15) is 6.29 Å². The minimum Gasteiger partial charge on any atom is -0.383 e. The predicted molar refractivity (Wildman–Crippen MR) is 60.3 cm³/mol. The number of carbonyl (C=O) groups excluding carboxylic acids is 1. The maximum atomic E-state index is 10.4. The third-order valence-electron chi connectivity index (χ3n) is 2.00. The van der Waals surface area contributed by atoms with Gasteiger partial charge in [-0.25, -0.2) is 0 Å². The molecule has 0 amide bonds. The average molecular weight is 212 g/mol. The minimum absolute atomic E-state index is 0.356. The molecule has 1 atom stereocenters. The fourth-order valence-electron chi connectivity index (χ4n) is 1.18. The van der Waals surface area contributed by atoms with Crippen LogP contribution in [0.2, 0.25) is 0 Å². The maximum absolute atomic E-state index is 10.4. The Bertz CT molecular complexity index is 284. The summed E-state index contributed by atoms with van der Waals surface area (Å²) in [4.78, 5) is 10.4. The van der Waals surface area contributed by atoms with Crippen LogP contribution in [0.5, 0.6) is 0 Å². The lowest BCUT2D eigenvalue weighted by Gasteiger charge is -2.13. The summed E-state index contributed by atoms with van der Waals surface area (Å²) in [5.74, 6) is 0.653. The molecule has 2 nitrogen and oxygen atoms in total. The fourth-order valence-corrected chi connectivity index (χ4v) is 1.51. The molecule has 0 heterocycles. The highest BCUT2D eigenvalue weighted by Crippen LogP contribution is 2.10. The smallest absolute Gasteiger partial charge is 0.150 e. The van der Waals surface area contributed by atoms with E-state index in [-0.39, 0.29) is 0 Å². The summed E-state index contributed by atoms with van der Waals surface area (Å²) in [5, 5.41) is 3.29. The molecule has 1 N–H and O–H groups in total. The van der Waals surface area contributed by atoms with Crippen LogP contribution in [0.4, 0.5) is 5.69 Å². The summed E-state index contributed by atoms with van der Waals surface area (Å²) >= 11 is 5.62. The molecule has 1 rings (SSSR count). The Balaban J connectivity index is 2.55. The SMILES string of the molecule is C[C@@H](CCCl)Nc1ccc(C=O)cc1. The average Bonchev–Trinajstić information content (AvgIpc) is 2.19. The van der Waals surface area contributed by atoms with Crippen molar-refractivity contribution >= 4 is 23.6 Å². The van der Waals surface area contributed by atoms with Crippen molar-refractivity contribution in [2.45, 2.75) is 19.4 Å². The monoisotopic (exact) mass is 211 g/mol. The van der Waals surface area contributed by atoms with Crippen molar-refractivity contribution in [3.63, 3.8) is 0 Å². The topological polar surface area (TPSA) is 29.1 Å². The molecule has 0 saturated carbocycles. The number of hydrogen-bond acceptors (Lipinski definition) is 2. The Kier molecular flexibility index (Phi) is 4.47. The van der Waals surface area contributed by atoms with Gasteiger partial charge in [-0.1, -0.05) is 0 Å². The molecule has 3 heteroatoms. The summed E-state index contributed by atoms with van der Waals surface area (Å²) in [6.45, 7) is 2.08. The Morgan fingerprint density at radius 1 is 1.43 bits per heavy atom. The second kappa shape index (κ2) is 5.66. The Labute approximate surface area is 89.3 Å². The third-order valence-corrected chi connectivity index (χ3v) is 2.22.